The molecule has 0 heterocycles. The molecule has 4 aromatic carbocycles. The molecule has 4 rings (SSSR count). The van der Waals surface area contributed by atoms with Gasteiger partial charge in [-0.1, -0.05) is 18.2 Å². The Labute approximate surface area is 233 Å². The lowest BCUT2D eigenvalue weighted by Gasteiger charge is -2.13. The molecule has 0 spiro atoms. The van der Waals surface area contributed by atoms with Crippen LogP contribution in [0.5, 0.6) is 0 Å². The molecule has 3 N–H and O–H groups in total. The Morgan fingerprint density at radius 1 is 0.561 bits per heavy atom. The van der Waals surface area contributed by atoms with Crippen molar-refractivity contribution in [3.8, 4) is 0 Å². The molecule has 12 heteroatoms. The van der Waals surface area contributed by atoms with Crippen LogP contribution in [0.4, 0.5) is 28.4 Å². The van der Waals surface area contributed by atoms with Crippen molar-refractivity contribution in [3.63, 3.8) is 0 Å². The molecule has 0 radical (unpaired) electrons. The van der Waals surface area contributed by atoms with Crippen LogP contribution in [0.2, 0.25) is 0 Å². The number of non-ortho nitro benzene ring substituents is 2. The van der Waals surface area contributed by atoms with Crippen LogP contribution >= 0.6 is 0 Å². The van der Waals surface area contributed by atoms with Crippen molar-refractivity contribution in [1.29, 1.82) is 0 Å². The Balaban J connectivity index is 1.66. The van der Waals surface area contributed by atoms with Gasteiger partial charge in [0.05, 0.1) is 9.85 Å². The van der Waals surface area contributed by atoms with Gasteiger partial charge in [-0.15, -0.1) is 0 Å². The molecule has 4 aromatic rings. The van der Waals surface area contributed by atoms with Gasteiger partial charge in [0.2, 0.25) is 0 Å². The number of carbonyl (C=O) groups excluding carboxylic acids is 3. The fourth-order valence-corrected chi connectivity index (χ4v) is 3.95. The van der Waals surface area contributed by atoms with Gasteiger partial charge in [-0.05, 0) is 67.4 Å². The quantitative estimate of drug-likeness (QED) is 0.180. The number of hydrogen-bond acceptors (Lipinski definition) is 7. The van der Waals surface area contributed by atoms with Gasteiger partial charge in [0, 0.05) is 58.0 Å². The summed E-state index contributed by atoms with van der Waals surface area (Å²) in [5.74, 6) is -1.72. The molecule has 0 atom stereocenters. The maximum absolute atomic E-state index is 13.2. The maximum Gasteiger partial charge on any atom is 0.269 e. The fourth-order valence-electron chi connectivity index (χ4n) is 3.95. The molecule has 3 amide bonds. The van der Waals surface area contributed by atoms with Gasteiger partial charge in [-0.25, -0.2) is 0 Å². The molecule has 0 saturated heterocycles. The number of benzene rings is 4. The molecule has 0 unspecified atom stereocenters. The SMILES string of the molecule is Cc1cc([N+](=O)[O-])ccc1NC(=O)c1cc(NC(=O)c2ccccc2)cc(C(=O)Nc2ccc([N+](=O)[O-])cc2C)c1. The Kier molecular flexibility index (Phi) is 8.13. The van der Waals surface area contributed by atoms with Crippen molar-refractivity contribution in [1.82, 2.24) is 0 Å². The van der Waals surface area contributed by atoms with Gasteiger partial charge in [0.1, 0.15) is 0 Å². The van der Waals surface area contributed by atoms with Crippen LogP contribution in [0.1, 0.15) is 42.2 Å². The lowest BCUT2D eigenvalue weighted by atomic mass is 10.1. The van der Waals surface area contributed by atoms with E-state index in [-0.39, 0.29) is 28.2 Å². The van der Waals surface area contributed by atoms with Crippen molar-refractivity contribution in [3.05, 3.63) is 133 Å². The minimum atomic E-state index is -0.627. The minimum Gasteiger partial charge on any atom is -0.322 e. The fraction of sp³-hybridized carbons (Fsp3) is 0.0690. The van der Waals surface area contributed by atoms with Crippen molar-refractivity contribution >= 4 is 46.2 Å². The number of carbonyl (C=O) groups is 3. The second-order valence-electron chi connectivity index (χ2n) is 9.04. The molecule has 0 aliphatic carbocycles. The van der Waals surface area contributed by atoms with E-state index < -0.39 is 27.6 Å². The second kappa shape index (κ2) is 11.9. The van der Waals surface area contributed by atoms with Crippen LogP contribution in [-0.2, 0) is 0 Å². The van der Waals surface area contributed by atoms with E-state index >= 15 is 0 Å². The van der Waals surface area contributed by atoms with E-state index in [9.17, 15) is 34.6 Å². The van der Waals surface area contributed by atoms with E-state index in [0.717, 1.165) is 0 Å². The number of hydrogen-bond donors (Lipinski definition) is 3. The third-order valence-corrected chi connectivity index (χ3v) is 6.09. The molecule has 206 valence electrons. The van der Waals surface area contributed by atoms with Crippen LogP contribution in [0.3, 0.4) is 0 Å². The molecular weight excluding hydrogens is 530 g/mol. The molecular formula is C29H23N5O7. The first kappa shape index (κ1) is 28.1. The molecule has 0 saturated carbocycles. The highest BCUT2D eigenvalue weighted by Gasteiger charge is 2.18. The number of amides is 3. The van der Waals surface area contributed by atoms with Crippen molar-refractivity contribution in [2.45, 2.75) is 13.8 Å². The monoisotopic (exact) mass is 553 g/mol. The molecule has 41 heavy (non-hydrogen) atoms. The first-order valence-electron chi connectivity index (χ1n) is 12.2. The van der Waals surface area contributed by atoms with Gasteiger partial charge < -0.3 is 16.0 Å². The molecule has 0 fully saturated rings. The van der Waals surface area contributed by atoms with Crippen molar-refractivity contribution < 1.29 is 24.2 Å². The van der Waals surface area contributed by atoms with E-state index in [4.69, 9.17) is 0 Å². The largest absolute Gasteiger partial charge is 0.322 e. The summed E-state index contributed by atoms with van der Waals surface area (Å²) in [5.41, 5.74) is 1.87. The summed E-state index contributed by atoms with van der Waals surface area (Å²) in [6, 6.07) is 20.4. The third-order valence-electron chi connectivity index (χ3n) is 6.09. The number of nitrogens with zero attached hydrogens (tertiary/aromatic N) is 2. The van der Waals surface area contributed by atoms with E-state index in [2.05, 4.69) is 16.0 Å². The Morgan fingerprint density at radius 2 is 1.00 bits per heavy atom. The molecule has 12 nitrogen and oxygen atoms in total. The Hall–Kier alpha value is -5.91. The standard InChI is InChI=1S/C29H23N5O7/c1-17-12-23(33(38)39)8-10-25(17)31-28(36)20-14-21(16-22(15-20)30-27(35)19-6-4-3-5-7-19)29(37)32-26-11-9-24(34(40)41)13-18(26)2/h3-16H,1-2H3,(H,30,35)(H,31,36)(H,32,37). The number of nitro benzene ring substituents is 2. The zero-order valence-electron chi connectivity index (χ0n) is 21.8. The van der Waals surface area contributed by atoms with Gasteiger partial charge in [-0.2, -0.15) is 0 Å². The van der Waals surface area contributed by atoms with E-state index in [1.54, 1.807) is 44.2 Å². The normalized spacial score (nSPS) is 10.4. The summed E-state index contributed by atoms with van der Waals surface area (Å²) in [7, 11) is 0. The first-order chi connectivity index (χ1) is 19.5. The maximum atomic E-state index is 13.2. The van der Waals surface area contributed by atoms with E-state index in [1.807, 2.05) is 0 Å². The number of aryl methyl sites for hydroxylation is 2. The number of rotatable bonds is 8. The summed E-state index contributed by atoms with van der Waals surface area (Å²) in [5, 5.41) is 30.1. The van der Waals surface area contributed by atoms with Crippen molar-refractivity contribution in [2.24, 2.45) is 0 Å². The minimum absolute atomic E-state index is 0.0270. The zero-order valence-corrected chi connectivity index (χ0v) is 21.8. The summed E-state index contributed by atoms with van der Waals surface area (Å²) in [6.45, 7) is 3.20. The average Bonchev–Trinajstić information content (AvgIpc) is 2.95. The van der Waals surface area contributed by atoms with E-state index in [0.29, 0.717) is 28.1 Å². The lowest BCUT2D eigenvalue weighted by molar-refractivity contribution is -0.385. The van der Waals surface area contributed by atoms with Crippen LogP contribution in [-0.4, -0.2) is 27.6 Å². The highest BCUT2D eigenvalue weighted by atomic mass is 16.6. The number of nitrogens with one attached hydrogen (secondary N) is 3. The molecule has 0 aliphatic heterocycles. The Morgan fingerprint density at radius 3 is 1.41 bits per heavy atom. The zero-order chi connectivity index (χ0) is 29.7. The van der Waals surface area contributed by atoms with Gasteiger partial charge >= 0.3 is 0 Å². The van der Waals surface area contributed by atoms with E-state index in [1.165, 1.54) is 54.6 Å². The van der Waals surface area contributed by atoms with Crippen molar-refractivity contribution in [2.75, 3.05) is 16.0 Å². The third kappa shape index (κ3) is 6.75. The number of anilines is 3. The topological polar surface area (TPSA) is 174 Å². The predicted octanol–water partition coefficient (Wildman–Crippen LogP) is 5.88. The number of nitro groups is 2. The van der Waals surface area contributed by atoms with Gasteiger partial charge in [0.25, 0.3) is 29.1 Å². The summed E-state index contributed by atoms with van der Waals surface area (Å²) < 4.78 is 0. The Bertz CT molecular complexity index is 1610. The van der Waals surface area contributed by atoms with Crippen LogP contribution in [0, 0.1) is 34.1 Å². The summed E-state index contributed by atoms with van der Waals surface area (Å²) >= 11 is 0. The van der Waals surface area contributed by atoms with Crippen LogP contribution < -0.4 is 16.0 Å². The highest BCUT2D eigenvalue weighted by molar-refractivity contribution is 6.11. The molecule has 0 aromatic heterocycles. The highest BCUT2D eigenvalue weighted by Crippen LogP contribution is 2.25. The predicted molar refractivity (Wildman–Crippen MR) is 152 cm³/mol. The molecule has 0 bridgehead atoms. The van der Waals surface area contributed by atoms with Crippen LogP contribution in [0.15, 0.2) is 84.9 Å². The molecule has 0 aliphatic rings. The lowest BCUT2D eigenvalue weighted by Crippen LogP contribution is -2.18. The van der Waals surface area contributed by atoms with Crippen LogP contribution in [0.25, 0.3) is 0 Å². The summed E-state index contributed by atoms with van der Waals surface area (Å²) in [6.07, 6.45) is 0. The second-order valence-corrected chi connectivity index (χ2v) is 9.04. The summed E-state index contributed by atoms with van der Waals surface area (Å²) in [4.78, 5) is 60.3. The van der Waals surface area contributed by atoms with Gasteiger partial charge in [-0.3, -0.25) is 34.6 Å². The smallest absolute Gasteiger partial charge is 0.269 e. The van der Waals surface area contributed by atoms with Gasteiger partial charge in [0.15, 0.2) is 0 Å². The first-order valence-corrected chi connectivity index (χ1v) is 12.2. The average molecular weight is 554 g/mol.